The largest absolute Gasteiger partial charge is 0.395 e. The minimum absolute atomic E-state index is 0.0860. The molecule has 2 rings (SSSR count). The summed E-state index contributed by atoms with van der Waals surface area (Å²) >= 11 is 0. The molecule has 0 aromatic heterocycles. The van der Waals surface area contributed by atoms with Gasteiger partial charge in [-0.05, 0) is 38.7 Å². The zero-order chi connectivity index (χ0) is 16.8. The van der Waals surface area contributed by atoms with Gasteiger partial charge in [-0.3, -0.25) is 9.59 Å². The maximum Gasteiger partial charge on any atom is 0.312 e. The number of piperidine rings is 1. The number of aliphatic hydroxyl groups is 1. The van der Waals surface area contributed by atoms with E-state index in [9.17, 15) is 14.7 Å². The van der Waals surface area contributed by atoms with Gasteiger partial charge in [0.1, 0.15) is 0 Å². The molecular formula is C18H26N2O3. The van der Waals surface area contributed by atoms with Crippen LogP contribution in [0.3, 0.4) is 0 Å². The molecule has 5 heteroatoms. The van der Waals surface area contributed by atoms with Crippen molar-refractivity contribution in [2.75, 3.05) is 13.2 Å². The Bertz CT molecular complexity index is 522. The highest BCUT2D eigenvalue weighted by atomic mass is 16.3. The third-order valence-corrected chi connectivity index (χ3v) is 4.48. The first kappa shape index (κ1) is 17.5. The number of carbonyl (C=O) groups is 2. The Hall–Kier alpha value is -1.88. The second-order valence-corrected chi connectivity index (χ2v) is 6.28. The van der Waals surface area contributed by atoms with E-state index in [1.54, 1.807) is 4.90 Å². The Balaban J connectivity index is 2.11. The lowest BCUT2D eigenvalue weighted by Crippen LogP contribution is -2.53. The van der Waals surface area contributed by atoms with Crippen LogP contribution in [0.4, 0.5) is 0 Å². The fourth-order valence-electron chi connectivity index (χ4n) is 3.24. The summed E-state index contributed by atoms with van der Waals surface area (Å²) in [4.78, 5) is 28.5. The van der Waals surface area contributed by atoms with Crippen LogP contribution in [0.15, 0.2) is 30.3 Å². The second kappa shape index (κ2) is 8.11. The molecule has 0 radical (unpaired) electrons. The molecule has 1 aromatic rings. The predicted octanol–water partition coefficient (Wildman–Crippen LogP) is 1.80. The number of amides is 2. The zero-order valence-electron chi connectivity index (χ0n) is 13.9. The highest BCUT2D eigenvalue weighted by Crippen LogP contribution is 2.23. The molecule has 1 aromatic carbocycles. The van der Waals surface area contributed by atoms with E-state index in [0.29, 0.717) is 6.54 Å². The van der Waals surface area contributed by atoms with Gasteiger partial charge in [-0.15, -0.1) is 0 Å². The molecule has 1 fully saturated rings. The monoisotopic (exact) mass is 318 g/mol. The number of likely N-dealkylation sites (tertiary alicyclic amines) is 1. The number of hydrogen-bond donors (Lipinski definition) is 1. The van der Waals surface area contributed by atoms with Crippen molar-refractivity contribution in [3.05, 3.63) is 35.9 Å². The van der Waals surface area contributed by atoms with Crippen molar-refractivity contribution in [2.45, 2.75) is 51.7 Å². The molecule has 1 N–H and O–H groups in total. The van der Waals surface area contributed by atoms with Crippen molar-refractivity contribution < 1.29 is 14.7 Å². The first-order chi connectivity index (χ1) is 11.0. The number of nitrogens with zero attached hydrogens (tertiary/aromatic N) is 2. The van der Waals surface area contributed by atoms with Crippen LogP contribution in [-0.4, -0.2) is 52.0 Å². The van der Waals surface area contributed by atoms with Gasteiger partial charge < -0.3 is 14.9 Å². The SMILES string of the molecule is CC1CCCC(C)N1C(=O)C(=O)N(CCO)Cc1ccccc1. The summed E-state index contributed by atoms with van der Waals surface area (Å²) in [6.07, 6.45) is 2.95. The van der Waals surface area contributed by atoms with E-state index in [-0.39, 0.29) is 25.2 Å². The van der Waals surface area contributed by atoms with Crippen LogP contribution in [0, 0.1) is 0 Å². The van der Waals surface area contributed by atoms with E-state index >= 15 is 0 Å². The first-order valence-electron chi connectivity index (χ1n) is 8.31. The van der Waals surface area contributed by atoms with Crippen LogP contribution in [0.5, 0.6) is 0 Å². The van der Waals surface area contributed by atoms with Gasteiger partial charge in [0.25, 0.3) is 0 Å². The van der Waals surface area contributed by atoms with Crippen molar-refractivity contribution in [3.8, 4) is 0 Å². The average Bonchev–Trinajstić information content (AvgIpc) is 2.54. The Morgan fingerprint density at radius 2 is 1.78 bits per heavy atom. The van der Waals surface area contributed by atoms with Gasteiger partial charge in [-0.1, -0.05) is 30.3 Å². The van der Waals surface area contributed by atoms with E-state index in [2.05, 4.69) is 0 Å². The number of hydrogen-bond acceptors (Lipinski definition) is 3. The summed E-state index contributed by atoms with van der Waals surface area (Å²) in [5.41, 5.74) is 0.946. The van der Waals surface area contributed by atoms with Gasteiger partial charge in [-0.2, -0.15) is 0 Å². The molecule has 0 bridgehead atoms. The Labute approximate surface area is 137 Å². The van der Waals surface area contributed by atoms with Crippen LogP contribution in [-0.2, 0) is 16.1 Å². The molecule has 5 nitrogen and oxygen atoms in total. The van der Waals surface area contributed by atoms with Crippen LogP contribution in [0.2, 0.25) is 0 Å². The molecule has 2 atom stereocenters. The second-order valence-electron chi connectivity index (χ2n) is 6.28. The van der Waals surface area contributed by atoms with Gasteiger partial charge in [0, 0.05) is 25.2 Å². The molecular weight excluding hydrogens is 292 g/mol. The lowest BCUT2D eigenvalue weighted by molar-refractivity contribution is -0.156. The summed E-state index contributed by atoms with van der Waals surface area (Å²) in [5, 5.41) is 9.24. The normalized spacial score (nSPS) is 21.1. The molecule has 126 valence electrons. The Morgan fingerprint density at radius 3 is 2.35 bits per heavy atom. The molecule has 23 heavy (non-hydrogen) atoms. The third kappa shape index (κ3) is 4.32. The highest BCUT2D eigenvalue weighted by Gasteiger charge is 2.34. The number of carbonyl (C=O) groups excluding carboxylic acids is 2. The van der Waals surface area contributed by atoms with Gasteiger partial charge in [0.15, 0.2) is 0 Å². The van der Waals surface area contributed by atoms with E-state index in [0.717, 1.165) is 24.8 Å². The lowest BCUT2D eigenvalue weighted by Gasteiger charge is -2.39. The van der Waals surface area contributed by atoms with E-state index < -0.39 is 11.8 Å². The Kier molecular flexibility index (Phi) is 6.16. The molecule has 2 amide bonds. The van der Waals surface area contributed by atoms with Crippen LogP contribution in [0.25, 0.3) is 0 Å². The minimum atomic E-state index is -0.525. The summed E-state index contributed by atoms with van der Waals surface area (Å²) in [5.74, 6) is -0.974. The van der Waals surface area contributed by atoms with Crippen molar-refractivity contribution in [1.29, 1.82) is 0 Å². The van der Waals surface area contributed by atoms with Gasteiger partial charge in [0.05, 0.1) is 6.61 Å². The third-order valence-electron chi connectivity index (χ3n) is 4.48. The molecule has 1 heterocycles. The molecule has 2 unspecified atom stereocenters. The topological polar surface area (TPSA) is 60.9 Å². The summed E-state index contributed by atoms with van der Waals surface area (Å²) in [6, 6.07) is 9.69. The maximum absolute atomic E-state index is 12.7. The molecule has 1 aliphatic rings. The van der Waals surface area contributed by atoms with Crippen molar-refractivity contribution in [3.63, 3.8) is 0 Å². The van der Waals surface area contributed by atoms with Gasteiger partial charge >= 0.3 is 11.8 Å². The van der Waals surface area contributed by atoms with Crippen molar-refractivity contribution >= 4 is 11.8 Å². The van der Waals surface area contributed by atoms with Crippen LogP contribution >= 0.6 is 0 Å². The molecule has 0 saturated carbocycles. The van der Waals surface area contributed by atoms with Crippen LogP contribution < -0.4 is 0 Å². The standard InChI is InChI=1S/C18H26N2O3/c1-14-7-6-8-15(2)20(14)18(23)17(22)19(11-12-21)13-16-9-4-3-5-10-16/h3-5,9-10,14-15,21H,6-8,11-13H2,1-2H3. The summed E-state index contributed by atoms with van der Waals surface area (Å²) < 4.78 is 0. The minimum Gasteiger partial charge on any atom is -0.395 e. The smallest absolute Gasteiger partial charge is 0.312 e. The first-order valence-corrected chi connectivity index (χ1v) is 8.31. The fraction of sp³-hybridized carbons (Fsp3) is 0.556. The molecule has 0 spiro atoms. The van der Waals surface area contributed by atoms with Crippen molar-refractivity contribution in [2.24, 2.45) is 0 Å². The van der Waals surface area contributed by atoms with Crippen molar-refractivity contribution in [1.82, 2.24) is 9.80 Å². The molecule has 1 saturated heterocycles. The quantitative estimate of drug-likeness (QED) is 0.861. The highest BCUT2D eigenvalue weighted by molar-refractivity contribution is 6.35. The van der Waals surface area contributed by atoms with E-state index in [1.165, 1.54) is 4.90 Å². The van der Waals surface area contributed by atoms with E-state index in [1.807, 2.05) is 44.2 Å². The lowest BCUT2D eigenvalue weighted by atomic mass is 9.97. The maximum atomic E-state index is 12.7. The number of aliphatic hydroxyl groups excluding tert-OH is 1. The van der Waals surface area contributed by atoms with Gasteiger partial charge in [0.2, 0.25) is 0 Å². The van der Waals surface area contributed by atoms with Crippen LogP contribution in [0.1, 0.15) is 38.7 Å². The average molecular weight is 318 g/mol. The summed E-state index contributed by atoms with van der Waals surface area (Å²) in [6.45, 7) is 4.33. The van der Waals surface area contributed by atoms with E-state index in [4.69, 9.17) is 0 Å². The number of benzene rings is 1. The Morgan fingerprint density at radius 1 is 1.17 bits per heavy atom. The molecule has 0 aliphatic carbocycles. The van der Waals surface area contributed by atoms with Gasteiger partial charge in [-0.25, -0.2) is 0 Å². The number of rotatable bonds is 4. The zero-order valence-corrected chi connectivity index (χ0v) is 13.9. The summed E-state index contributed by atoms with van der Waals surface area (Å²) in [7, 11) is 0. The predicted molar refractivity (Wildman–Crippen MR) is 88.6 cm³/mol. The fourth-order valence-corrected chi connectivity index (χ4v) is 3.24. The molecule has 1 aliphatic heterocycles.